The number of piperidine rings is 1. The Morgan fingerprint density at radius 2 is 1.76 bits per heavy atom. The zero-order valence-electron chi connectivity index (χ0n) is 19.8. The minimum atomic E-state index is -0.698. The maximum atomic E-state index is 13.0. The van der Waals surface area contributed by atoms with Crippen molar-refractivity contribution in [2.24, 2.45) is 0 Å². The van der Waals surface area contributed by atoms with E-state index in [0.717, 1.165) is 5.56 Å². The van der Waals surface area contributed by atoms with Crippen LogP contribution >= 0.6 is 0 Å². The number of para-hydroxylation sites is 2. The third-order valence-electron chi connectivity index (χ3n) is 5.75. The normalized spacial score (nSPS) is 14.6. The Bertz CT molecular complexity index is 1000. The summed E-state index contributed by atoms with van der Waals surface area (Å²) in [5.41, 5.74) is 1.50. The lowest BCUT2D eigenvalue weighted by molar-refractivity contribution is -0.128. The van der Waals surface area contributed by atoms with Crippen LogP contribution in [0, 0.1) is 0 Å². The number of hydrogen-bond donors (Lipinski definition) is 3. The van der Waals surface area contributed by atoms with Gasteiger partial charge in [0, 0.05) is 32.5 Å². The fraction of sp³-hybridized carbons (Fsp3) is 0.400. The van der Waals surface area contributed by atoms with Crippen LogP contribution in [0.1, 0.15) is 25.3 Å². The summed E-state index contributed by atoms with van der Waals surface area (Å²) in [6.07, 6.45) is 1.59. The van der Waals surface area contributed by atoms with Crippen LogP contribution < -0.4 is 25.4 Å². The highest BCUT2D eigenvalue weighted by molar-refractivity contribution is 5.91. The molecule has 3 rings (SSSR count). The van der Waals surface area contributed by atoms with E-state index in [1.54, 1.807) is 31.3 Å². The molecule has 182 valence electrons. The molecule has 1 saturated heterocycles. The van der Waals surface area contributed by atoms with Crippen LogP contribution in [0.4, 0.5) is 10.5 Å². The van der Waals surface area contributed by atoms with Crippen molar-refractivity contribution in [3.8, 4) is 11.5 Å². The van der Waals surface area contributed by atoms with E-state index in [9.17, 15) is 14.4 Å². The number of anilines is 1. The first kappa shape index (κ1) is 24.9. The second-order valence-electron chi connectivity index (χ2n) is 8.21. The average molecular weight is 469 g/mol. The fourth-order valence-electron chi connectivity index (χ4n) is 3.96. The molecule has 1 atom stereocenters. The highest BCUT2D eigenvalue weighted by atomic mass is 16.5. The van der Waals surface area contributed by atoms with E-state index in [1.165, 1.54) is 6.92 Å². The Hall–Kier alpha value is -3.75. The van der Waals surface area contributed by atoms with Gasteiger partial charge in [-0.2, -0.15) is 0 Å². The maximum absolute atomic E-state index is 13.0. The Balaban J connectivity index is 1.54. The quantitative estimate of drug-likeness (QED) is 0.552. The van der Waals surface area contributed by atoms with Crippen LogP contribution in [0.15, 0.2) is 48.5 Å². The van der Waals surface area contributed by atoms with Crippen LogP contribution in [0.5, 0.6) is 11.5 Å². The number of urea groups is 1. The van der Waals surface area contributed by atoms with Gasteiger partial charge in [0.1, 0.15) is 17.5 Å². The molecule has 34 heavy (non-hydrogen) atoms. The van der Waals surface area contributed by atoms with Crippen molar-refractivity contribution in [3.05, 3.63) is 54.1 Å². The molecule has 1 fully saturated rings. The van der Waals surface area contributed by atoms with Crippen molar-refractivity contribution >= 4 is 23.5 Å². The summed E-state index contributed by atoms with van der Waals surface area (Å²) >= 11 is 0. The Morgan fingerprint density at radius 1 is 1.03 bits per heavy atom. The second-order valence-corrected chi connectivity index (χ2v) is 8.21. The molecule has 0 radical (unpaired) electrons. The van der Waals surface area contributed by atoms with Gasteiger partial charge in [-0.1, -0.05) is 24.3 Å². The van der Waals surface area contributed by atoms with Gasteiger partial charge in [-0.3, -0.25) is 9.59 Å². The zero-order chi connectivity index (χ0) is 24.5. The lowest BCUT2D eigenvalue weighted by atomic mass is 10.0. The number of amides is 4. The molecular formula is C25H32N4O5. The monoisotopic (exact) mass is 468 g/mol. The smallest absolute Gasteiger partial charge is 0.321 e. The molecule has 0 spiro atoms. The van der Waals surface area contributed by atoms with E-state index >= 15 is 0 Å². The fourth-order valence-corrected chi connectivity index (χ4v) is 3.96. The van der Waals surface area contributed by atoms with Gasteiger partial charge in [0.05, 0.1) is 19.9 Å². The van der Waals surface area contributed by atoms with Gasteiger partial charge in [0.2, 0.25) is 11.8 Å². The summed E-state index contributed by atoms with van der Waals surface area (Å²) in [5.74, 6) is 0.775. The van der Waals surface area contributed by atoms with Crippen molar-refractivity contribution in [2.45, 2.75) is 38.3 Å². The van der Waals surface area contributed by atoms with Crippen LogP contribution in [0.25, 0.3) is 0 Å². The van der Waals surface area contributed by atoms with Crippen molar-refractivity contribution in [2.75, 3.05) is 32.6 Å². The van der Waals surface area contributed by atoms with Gasteiger partial charge < -0.3 is 30.3 Å². The van der Waals surface area contributed by atoms with Crippen molar-refractivity contribution < 1.29 is 23.9 Å². The van der Waals surface area contributed by atoms with Crippen molar-refractivity contribution in [1.82, 2.24) is 15.5 Å². The van der Waals surface area contributed by atoms with E-state index in [2.05, 4.69) is 16.0 Å². The third-order valence-corrected chi connectivity index (χ3v) is 5.75. The number of nitrogens with one attached hydrogen (secondary N) is 3. The molecule has 0 aromatic heterocycles. The number of nitrogens with zero attached hydrogens (tertiary/aromatic N) is 1. The number of methoxy groups -OCH3 is 2. The molecule has 3 N–H and O–H groups in total. The number of rotatable bonds is 8. The molecule has 9 nitrogen and oxygen atoms in total. The molecule has 4 amide bonds. The van der Waals surface area contributed by atoms with Crippen molar-refractivity contribution in [1.29, 1.82) is 0 Å². The van der Waals surface area contributed by atoms with Crippen molar-refractivity contribution in [3.63, 3.8) is 0 Å². The van der Waals surface area contributed by atoms with Gasteiger partial charge >= 0.3 is 6.03 Å². The SMILES string of the molecule is COc1cccc(C[C@H](NC(C)=O)C(=O)NC2CCN(C(=O)Nc3ccccc3OC)CC2)c1. The van der Waals surface area contributed by atoms with E-state index in [0.29, 0.717) is 49.5 Å². The molecule has 0 unspecified atom stereocenters. The summed E-state index contributed by atoms with van der Waals surface area (Å²) < 4.78 is 10.5. The predicted octanol–water partition coefficient (Wildman–Crippen LogP) is 2.56. The number of hydrogen-bond acceptors (Lipinski definition) is 5. The van der Waals surface area contributed by atoms with E-state index in [4.69, 9.17) is 9.47 Å². The predicted molar refractivity (Wildman–Crippen MR) is 129 cm³/mol. The third kappa shape index (κ3) is 6.87. The number of carbonyl (C=O) groups excluding carboxylic acids is 3. The second kappa shape index (κ2) is 11.9. The molecule has 0 bridgehead atoms. The average Bonchev–Trinajstić information content (AvgIpc) is 2.84. The standard InChI is InChI=1S/C25H32N4O5/c1-17(30)26-22(16-18-7-6-8-20(15-18)33-2)24(31)27-19-11-13-29(14-12-19)25(32)28-21-9-4-5-10-23(21)34-3/h4-10,15,19,22H,11-14,16H2,1-3H3,(H,26,30)(H,27,31)(H,28,32)/t22-/m0/s1. The Labute approximate surface area is 199 Å². The summed E-state index contributed by atoms with van der Waals surface area (Å²) in [7, 11) is 3.14. The highest BCUT2D eigenvalue weighted by Gasteiger charge is 2.27. The van der Waals surface area contributed by atoms with Gasteiger partial charge in [-0.05, 0) is 42.7 Å². The first-order valence-electron chi connectivity index (χ1n) is 11.3. The largest absolute Gasteiger partial charge is 0.497 e. The van der Waals surface area contributed by atoms with Gasteiger partial charge in [0.15, 0.2) is 0 Å². The number of benzene rings is 2. The lowest BCUT2D eigenvalue weighted by Crippen LogP contribution is -2.53. The molecule has 1 aliphatic heterocycles. The molecule has 1 aliphatic rings. The zero-order valence-corrected chi connectivity index (χ0v) is 19.8. The first-order valence-corrected chi connectivity index (χ1v) is 11.3. The number of carbonyl (C=O) groups is 3. The topological polar surface area (TPSA) is 109 Å². The minimum absolute atomic E-state index is 0.0793. The molecule has 9 heteroatoms. The summed E-state index contributed by atoms with van der Waals surface area (Å²) in [6, 6.07) is 13.7. The van der Waals surface area contributed by atoms with Crippen LogP contribution in [-0.2, 0) is 16.0 Å². The van der Waals surface area contributed by atoms with Crippen LogP contribution in [0.3, 0.4) is 0 Å². The summed E-state index contributed by atoms with van der Waals surface area (Å²) in [6.45, 7) is 2.41. The van der Waals surface area contributed by atoms with Crippen LogP contribution in [-0.4, -0.2) is 62.1 Å². The highest BCUT2D eigenvalue weighted by Crippen LogP contribution is 2.24. The molecule has 2 aromatic carbocycles. The number of ether oxygens (including phenoxy) is 2. The molecule has 0 aliphatic carbocycles. The molecule has 2 aromatic rings. The maximum Gasteiger partial charge on any atom is 0.321 e. The first-order chi connectivity index (χ1) is 16.4. The summed E-state index contributed by atoms with van der Waals surface area (Å²) in [4.78, 5) is 39.1. The van der Waals surface area contributed by atoms with E-state index in [-0.39, 0.29) is 23.9 Å². The Morgan fingerprint density at radius 3 is 2.44 bits per heavy atom. The van der Waals surface area contributed by atoms with Gasteiger partial charge in [-0.15, -0.1) is 0 Å². The van der Waals surface area contributed by atoms with E-state index < -0.39 is 6.04 Å². The lowest BCUT2D eigenvalue weighted by Gasteiger charge is -2.33. The van der Waals surface area contributed by atoms with Crippen LogP contribution in [0.2, 0.25) is 0 Å². The Kier molecular flexibility index (Phi) is 8.73. The molecular weight excluding hydrogens is 436 g/mol. The van der Waals surface area contributed by atoms with Gasteiger partial charge in [-0.25, -0.2) is 4.79 Å². The molecule has 1 heterocycles. The molecule has 0 saturated carbocycles. The van der Waals surface area contributed by atoms with Gasteiger partial charge in [0.25, 0.3) is 0 Å². The minimum Gasteiger partial charge on any atom is -0.497 e. The van der Waals surface area contributed by atoms with E-state index in [1.807, 2.05) is 36.4 Å². The summed E-state index contributed by atoms with van der Waals surface area (Å²) in [5, 5.41) is 8.66. The number of likely N-dealkylation sites (tertiary alicyclic amines) is 1.